The number of ether oxygens (including phenoxy) is 1. The molecule has 1 heterocycles. The number of nitriles is 1. The summed E-state index contributed by atoms with van der Waals surface area (Å²) in [5.74, 6) is 2.11. The highest BCUT2D eigenvalue weighted by Crippen LogP contribution is 2.69. The molecule has 0 spiro atoms. The van der Waals surface area contributed by atoms with Crippen LogP contribution >= 0.6 is 0 Å². The van der Waals surface area contributed by atoms with Crippen LogP contribution < -0.4 is 10.1 Å². The maximum Gasteiger partial charge on any atom is 0.223 e. The zero-order chi connectivity index (χ0) is 21.4. The van der Waals surface area contributed by atoms with Gasteiger partial charge in [0.25, 0.3) is 0 Å². The summed E-state index contributed by atoms with van der Waals surface area (Å²) in [6.07, 6.45) is 7.24. The van der Waals surface area contributed by atoms with Crippen LogP contribution in [-0.4, -0.2) is 22.5 Å². The van der Waals surface area contributed by atoms with Gasteiger partial charge in [0.1, 0.15) is 11.6 Å². The third-order valence-corrected chi connectivity index (χ3v) is 8.40. The molecule has 2 aromatic rings. The quantitative estimate of drug-likeness (QED) is 0.755. The predicted molar refractivity (Wildman–Crippen MR) is 112 cm³/mol. The lowest BCUT2D eigenvalue weighted by molar-refractivity contribution is -0.165. The zero-order valence-corrected chi connectivity index (χ0v) is 17.6. The molecule has 1 aromatic carbocycles. The molecule has 0 saturated heterocycles. The maximum atomic E-state index is 13.7. The van der Waals surface area contributed by atoms with E-state index >= 15 is 0 Å². The summed E-state index contributed by atoms with van der Waals surface area (Å²) in [6, 6.07) is 8.66. The number of carbonyl (C=O) groups excluding carboxylic acids is 1. The Morgan fingerprint density at radius 3 is 2.77 bits per heavy atom. The van der Waals surface area contributed by atoms with E-state index in [0.717, 1.165) is 37.6 Å². The Kier molecular flexibility index (Phi) is 3.94. The topological polar surface area (TPSA) is 75.0 Å². The number of amides is 1. The number of rotatable bonds is 6. The Balaban J connectivity index is 1.04. The SMILES string of the molecule is CC(C(=O)NC12CC(CC#N)(C1)C2)[C@@H]1[C@@H]2C[C@@H](Oc3ccnc4ccc(F)cc34)C[C@@H]21. The van der Waals surface area contributed by atoms with E-state index in [4.69, 9.17) is 10.00 Å². The number of hydrogen-bond acceptors (Lipinski definition) is 4. The summed E-state index contributed by atoms with van der Waals surface area (Å²) in [6.45, 7) is 2.06. The van der Waals surface area contributed by atoms with E-state index in [1.54, 1.807) is 12.3 Å². The number of halogens is 1. The van der Waals surface area contributed by atoms with Crippen molar-refractivity contribution in [2.24, 2.45) is 29.1 Å². The van der Waals surface area contributed by atoms with Crippen LogP contribution in [0.5, 0.6) is 5.75 Å². The second-order valence-corrected chi connectivity index (χ2v) is 10.5. The van der Waals surface area contributed by atoms with Gasteiger partial charge < -0.3 is 10.1 Å². The lowest BCUT2D eigenvalue weighted by atomic mass is 9.38. The van der Waals surface area contributed by atoms with Gasteiger partial charge in [0.05, 0.1) is 17.7 Å². The minimum Gasteiger partial charge on any atom is -0.490 e. The number of carbonyl (C=O) groups is 1. The Morgan fingerprint density at radius 2 is 2.06 bits per heavy atom. The Hall–Kier alpha value is -2.68. The van der Waals surface area contributed by atoms with Crippen LogP contribution in [0.4, 0.5) is 4.39 Å². The summed E-state index contributed by atoms with van der Waals surface area (Å²) >= 11 is 0. The summed E-state index contributed by atoms with van der Waals surface area (Å²) in [5, 5.41) is 12.9. The molecule has 5 atom stereocenters. The van der Waals surface area contributed by atoms with Crippen LogP contribution in [-0.2, 0) is 4.79 Å². The Labute approximate surface area is 181 Å². The normalized spacial score (nSPS) is 37.7. The fraction of sp³-hybridized carbons (Fsp3) is 0.560. The molecule has 5 aliphatic carbocycles. The van der Waals surface area contributed by atoms with Crippen molar-refractivity contribution in [2.45, 2.75) is 57.1 Å². The highest BCUT2D eigenvalue weighted by molar-refractivity contribution is 5.84. The first-order valence-electron chi connectivity index (χ1n) is 11.3. The molecule has 2 bridgehead atoms. The van der Waals surface area contributed by atoms with Gasteiger partial charge in [0, 0.05) is 29.5 Å². The fourth-order valence-corrected chi connectivity index (χ4v) is 7.09. The van der Waals surface area contributed by atoms with Crippen LogP contribution in [0, 0.1) is 46.2 Å². The first-order chi connectivity index (χ1) is 14.9. The molecule has 5 saturated carbocycles. The third kappa shape index (κ3) is 2.93. The monoisotopic (exact) mass is 419 g/mol. The standard InChI is InChI=1S/C25H26FN3O2/c1-14(23(30)29-25-11-24(12-25,13-25)5-6-27)22-17-9-16(10-18(17)22)31-21-4-7-28-20-3-2-15(26)8-19(20)21/h2-4,7-8,14,16-18,22H,5,9-13H2,1H3,(H,29,30)/t14?,16-,17-,18+,22-,24?,25?. The zero-order valence-electron chi connectivity index (χ0n) is 17.6. The van der Waals surface area contributed by atoms with Crippen molar-refractivity contribution in [1.82, 2.24) is 10.3 Å². The predicted octanol–water partition coefficient (Wildman–Crippen LogP) is 4.37. The highest BCUT2D eigenvalue weighted by atomic mass is 19.1. The van der Waals surface area contributed by atoms with Gasteiger partial charge in [0.2, 0.25) is 5.91 Å². The van der Waals surface area contributed by atoms with Gasteiger partial charge in [-0.25, -0.2) is 4.39 Å². The van der Waals surface area contributed by atoms with Crippen molar-refractivity contribution in [1.29, 1.82) is 5.26 Å². The first kappa shape index (κ1) is 19.0. The minimum atomic E-state index is -0.290. The van der Waals surface area contributed by atoms with Gasteiger partial charge in [-0.05, 0) is 79.5 Å². The molecule has 5 aliphatic rings. The molecule has 0 radical (unpaired) electrons. The van der Waals surface area contributed by atoms with E-state index < -0.39 is 0 Å². The first-order valence-corrected chi connectivity index (χ1v) is 11.3. The van der Waals surface area contributed by atoms with Crippen molar-refractivity contribution in [3.63, 3.8) is 0 Å². The van der Waals surface area contributed by atoms with Crippen LogP contribution in [0.25, 0.3) is 10.9 Å². The number of pyridine rings is 1. The molecule has 6 heteroatoms. The molecule has 7 rings (SSSR count). The van der Waals surface area contributed by atoms with Crippen molar-refractivity contribution >= 4 is 16.8 Å². The molecule has 0 aliphatic heterocycles. The summed E-state index contributed by atoms with van der Waals surface area (Å²) < 4.78 is 19.9. The number of hydrogen-bond donors (Lipinski definition) is 1. The fourth-order valence-electron chi connectivity index (χ4n) is 7.09. The lowest BCUT2D eigenvalue weighted by Crippen LogP contribution is -2.74. The molecule has 5 nitrogen and oxygen atoms in total. The van der Waals surface area contributed by atoms with Crippen molar-refractivity contribution in [3.05, 3.63) is 36.3 Å². The maximum absolute atomic E-state index is 13.7. The van der Waals surface area contributed by atoms with Gasteiger partial charge in [-0.3, -0.25) is 9.78 Å². The van der Waals surface area contributed by atoms with E-state index in [2.05, 4.69) is 23.3 Å². The van der Waals surface area contributed by atoms with Crippen molar-refractivity contribution in [2.75, 3.05) is 0 Å². The number of benzene rings is 1. The van der Waals surface area contributed by atoms with E-state index in [-0.39, 0.29) is 34.7 Å². The second kappa shape index (κ2) is 6.41. The Bertz CT molecular complexity index is 1090. The molecular formula is C25H26FN3O2. The van der Waals surface area contributed by atoms with E-state index in [1.165, 1.54) is 12.1 Å². The van der Waals surface area contributed by atoms with Gasteiger partial charge in [-0.15, -0.1) is 0 Å². The summed E-state index contributed by atoms with van der Waals surface area (Å²) in [4.78, 5) is 17.1. The number of aromatic nitrogens is 1. The smallest absolute Gasteiger partial charge is 0.223 e. The molecule has 1 N–H and O–H groups in total. The van der Waals surface area contributed by atoms with Crippen molar-refractivity contribution in [3.8, 4) is 11.8 Å². The number of nitrogens with zero attached hydrogens (tertiary/aromatic N) is 2. The van der Waals surface area contributed by atoms with Crippen LogP contribution in [0.15, 0.2) is 30.5 Å². The highest BCUT2D eigenvalue weighted by Gasteiger charge is 2.68. The minimum absolute atomic E-state index is 0.0183. The summed E-state index contributed by atoms with van der Waals surface area (Å²) in [5.41, 5.74) is 0.914. The molecule has 1 amide bonds. The number of nitrogens with one attached hydrogen (secondary N) is 1. The van der Waals surface area contributed by atoms with E-state index in [1.807, 2.05) is 6.07 Å². The lowest BCUT2D eigenvalue weighted by Gasteiger charge is -2.70. The van der Waals surface area contributed by atoms with Crippen molar-refractivity contribution < 1.29 is 13.9 Å². The number of fused-ring (bicyclic) bond motifs is 2. The molecule has 31 heavy (non-hydrogen) atoms. The molecule has 1 aromatic heterocycles. The van der Waals surface area contributed by atoms with Crippen LogP contribution in [0.3, 0.4) is 0 Å². The molecule has 5 fully saturated rings. The molecule has 160 valence electrons. The second-order valence-electron chi connectivity index (χ2n) is 10.5. The third-order valence-electron chi connectivity index (χ3n) is 8.40. The van der Waals surface area contributed by atoms with Gasteiger partial charge in [-0.1, -0.05) is 6.92 Å². The molecular weight excluding hydrogens is 393 g/mol. The van der Waals surface area contributed by atoms with Gasteiger partial charge >= 0.3 is 0 Å². The average molecular weight is 420 g/mol. The van der Waals surface area contributed by atoms with Crippen LogP contribution in [0.1, 0.15) is 45.4 Å². The molecule has 1 unspecified atom stereocenters. The largest absolute Gasteiger partial charge is 0.490 e. The van der Waals surface area contributed by atoms with Gasteiger partial charge in [0.15, 0.2) is 0 Å². The Morgan fingerprint density at radius 1 is 1.32 bits per heavy atom. The van der Waals surface area contributed by atoms with Gasteiger partial charge in [-0.2, -0.15) is 5.26 Å². The van der Waals surface area contributed by atoms with Crippen LogP contribution in [0.2, 0.25) is 0 Å². The van der Waals surface area contributed by atoms with E-state index in [0.29, 0.717) is 35.3 Å². The summed E-state index contributed by atoms with van der Waals surface area (Å²) in [7, 11) is 0. The average Bonchev–Trinajstić information content (AvgIpc) is 3.19. The van der Waals surface area contributed by atoms with E-state index in [9.17, 15) is 9.18 Å².